The van der Waals surface area contributed by atoms with Gasteiger partial charge in [-0.3, -0.25) is 14.3 Å². The largest absolute Gasteiger partial charge is 0.326 e. The van der Waals surface area contributed by atoms with Gasteiger partial charge in [0.25, 0.3) is 5.91 Å². The number of benzene rings is 1. The highest BCUT2D eigenvalue weighted by Gasteiger charge is 2.27. The fraction of sp³-hybridized carbons (Fsp3) is 0.312. The van der Waals surface area contributed by atoms with Crippen molar-refractivity contribution in [3.63, 3.8) is 0 Å². The molecule has 1 aliphatic carbocycles. The Morgan fingerprint density at radius 2 is 1.95 bits per heavy atom. The van der Waals surface area contributed by atoms with Crippen molar-refractivity contribution in [2.75, 3.05) is 10.6 Å². The van der Waals surface area contributed by atoms with E-state index in [0.29, 0.717) is 23.0 Å². The van der Waals surface area contributed by atoms with Gasteiger partial charge in [0, 0.05) is 31.6 Å². The summed E-state index contributed by atoms with van der Waals surface area (Å²) >= 11 is 0. The Balaban J connectivity index is 1.79. The van der Waals surface area contributed by atoms with Crippen LogP contribution in [0.25, 0.3) is 0 Å². The monoisotopic (exact) mass is 298 g/mol. The molecule has 22 heavy (non-hydrogen) atoms. The Morgan fingerprint density at radius 3 is 2.64 bits per heavy atom. The first-order valence-corrected chi connectivity index (χ1v) is 7.26. The second-order valence-corrected chi connectivity index (χ2v) is 5.53. The Labute approximate surface area is 128 Å². The van der Waals surface area contributed by atoms with E-state index in [2.05, 4.69) is 15.7 Å². The lowest BCUT2D eigenvalue weighted by Gasteiger charge is -2.08. The van der Waals surface area contributed by atoms with Crippen LogP contribution in [-0.2, 0) is 11.8 Å². The summed E-state index contributed by atoms with van der Waals surface area (Å²) in [6, 6.07) is 8.81. The van der Waals surface area contributed by atoms with Crippen molar-refractivity contribution in [3.8, 4) is 0 Å². The summed E-state index contributed by atoms with van der Waals surface area (Å²) in [5.74, 6) is 0.598. The zero-order valence-corrected chi connectivity index (χ0v) is 12.6. The number of hydrogen-bond donors (Lipinski definition) is 2. The molecule has 2 aromatic rings. The summed E-state index contributed by atoms with van der Waals surface area (Å²) in [6.07, 6.45) is 2.36. The first-order chi connectivity index (χ1) is 10.5. The maximum absolute atomic E-state index is 12.4. The smallest absolute Gasteiger partial charge is 0.258 e. The first-order valence-electron chi connectivity index (χ1n) is 7.26. The van der Waals surface area contributed by atoms with E-state index in [1.807, 2.05) is 17.8 Å². The quantitative estimate of drug-likeness (QED) is 0.910. The van der Waals surface area contributed by atoms with Crippen LogP contribution in [-0.4, -0.2) is 21.6 Å². The molecule has 6 heteroatoms. The fourth-order valence-corrected chi connectivity index (χ4v) is 2.47. The Hall–Kier alpha value is -2.63. The second-order valence-electron chi connectivity index (χ2n) is 5.53. The number of aryl methyl sites for hydroxylation is 1. The molecule has 6 nitrogen and oxygen atoms in total. The van der Waals surface area contributed by atoms with E-state index in [-0.39, 0.29) is 11.8 Å². The number of amides is 2. The lowest BCUT2D eigenvalue weighted by atomic mass is 10.1. The highest BCUT2D eigenvalue weighted by atomic mass is 16.2. The highest BCUT2D eigenvalue weighted by Crippen LogP contribution is 2.40. The van der Waals surface area contributed by atoms with Gasteiger partial charge in [0.1, 0.15) is 0 Å². The number of rotatable bonds is 4. The molecule has 0 saturated heterocycles. The minimum atomic E-state index is -0.287. The normalized spacial score (nSPS) is 13.7. The van der Waals surface area contributed by atoms with Gasteiger partial charge in [0.15, 0.2) is 5.82 Å². The number of anilines is 2. The van der Waals surface area contributed by atoms with Crippen molar-refractivity contribution in [1.82, 2.24) is 9.78 Å². The van der Waals surface area contributed by atoms with Gasteiger partial charge in [-0.25, -0.2) is 0 Å². The van der Waals surface area contributed by atoms with Crippen LogP contribution in [0.5, 0.6) is 0 Å². The molecule has 1 fully saturated rings. The SMILES string of the molecule is CC(=O)Nc1ccccc1C(=O)Nc1cc(C2CC2)n(C)n1. The van der Waals surface area contributed by atoms with E-state index >= 15 is 0 Å². The van der Waals surface area contributed by atoms with Crippen molar-refractivity contribution in [1.29, 1.82) is 0 Å². The molecule has 1 heterocycles. The molecule has 1 saturated carbocycles. The third-order valence-electron chi connectivity index (χ3n) is 3.64. The lowest BCUT2D eigenvalue weighted by molar-refractivity contribution is -0.114. The molecule has 2 N–H and O–H groups in total. The minimum absolute atomic E-state index is 0.214. The van der Waals surface area contributed by atoms with E-state index in [4.69, 9.17) is 0 Å². The van der Waals surface area contributed by atoms with Crippen molar-refractivity contribution >= 4 is 23.3 Å². The molecule has 2 amide bonds. The number of carbonyl (C=O) groups is 2. The second kappa shape index (κ2) is 5.63. The number of nitrogens with zero attached hydrogens (tertiary/aromatic N) is 2. The number of aromatic nitrogens is 2. The van der Waals surface area contributed by atoms with Crippen LogP contribution >= 0.6 is 0 Å². The summed E-state index contributed by atoms with van der Waals surface area (Å²) in [6.45, 7) is 1.41. The molecule has 1 aromatic heterocycles. The molecule has 1 aliphatic rings. The first kappa shape index (κ1) is 14.3. The molecule has 0 unspecified atom stereocenters. The molecule has 0 atom stereocenters. The van der Waals surface area contributed by atoms with Gasteiger partial charge in [0.2, 0.25) is 5.91 Å². The number of hydrogen-bond acceptors (Lipinski definition) is 3. The number of carbonyl (C=O) groups excluding carboxylic acids is 2. The maximum atomic E-state index is 12.4. The van der Waals surface area contributed by atoms with E-state index < -0.39 is 0 Å². The molecule has 1 aromatic carbocycles. The van der Waals surface area contributed by atoms with Crippen LogP contribution in [0, 0.1) is 0 Å². The van der Waals surface area contributed by atoms with Crippen LogP contribution in [0.1, 0.15) is 41.7 Å². The van der Waals surface area contributed by atoms with Crippen LogP contribution in [0.2, 0.25) is 0 Å². The Kier molecular flexibility index (Phi) is 3.66. The maximum Gasteiger partial charge on any atom is 0.258 e. The molecular weight excluding hydrogens is 280 g/mol. The van der Waals surface area contributed by atoms with Crippen LogP contribution < -0.4 is 10.6 Å². The van der Waals surface area contributed by atoms with Crippen LogP contribution in [0.4, 0.5) is 11.5 Å². The van der Waals surface area contributed by atoms with Gasteiger partial charge in [-0.05, 0) is 25.0 Å². The highest BCUT2D eigenvalue weighted by molar-refractivity contribution is 6.09. The average molecular weight is 298 g/mol. The van der Waals surface area contributed by atoms with Gasteiger partial charge in [-0.15, -0.1) is 0 Å². The number of nitrogens with one attached hydrogen (secondary N) is 2. The van der Waals surface area contributed by atoms with Gasteiger partial charge < -0.3 is 10.6 Å². The molecule has 0 radical (unpaired) electrons. The summed E-state index contributed by atoms with van der Waals surface area (Å²) in [5, 5.41) is 9.78. The van der Waals surface area contributed by atoms with Gasteiger partial charge in [-0.2, -0.15) is 5.10 Å². The van der Waals surface area contributed by atoms with Crippen molar-refractivity contribution < 1.29 is 9.59 Å². The predicted molar refractivity (Wildman–Crippen MR) is 83.9 cm³/mol. The lowest BCUT2D eigenvalue weighted by Crippen LogP contribution is -2.16. The van der Waals surface area contributed by atoms with Crippen LogP contribution in [0.3, 0.4) is 0 Å². The third kappa shape index (κ3) is 3.00. The third-order valence-corrected chi connectivity index (χ3v) is 3.64. The van der Waals surface area contributed by atoms with Crippen molar-refractivity contribution in [3.05, 3.63) is 41.6 Å². The van der Waals surface area contributed by atoms with Gasteiger partial charge >= 0.3 is 0 Å². The summed E-state index contributed by atoms with van der Waals surface area (Å²) in [7, 11) is 1.88. The standard InChI is InChI=1S/C16H18N4O2/c1-10(21)17-13-6-4-3-5-12(13)16(22)18-15-9-14(11-7-8-11)20(2)19-15/h3-6,9,11H,7-8H2,1-2H3,(H,17,21)(H,18,19,22). The minimum Gasteiger partial charge on any atom is -0.326 e. The fourth-order valence-electron chi connectivity index (χ4n) is 2.47. The topological polar surface area (TPSA) is 76.0 Å². The van der Waals surface area contributed by atoms with E-state index in [1.165, 1.54) is 19.8 Å². The summed E-state index contributed by atoms with van der Waals surface area (Å²) in [5.41, 5.74) is 2.05. The number of para-hydroxylation sites is 1. The van der Waals surface area contributed by atoms with Crippen LogP contribution in [0.15, 0.2) is 30.3 Å². The molecule has 114 valence electrons. The zero-order chi connectivity index (χ0) is 15.7. The average Bonchev–Trinajstić information content (AvgIpc) is 3.23. The molecule has 0 bridgehead atoms. The van der Waals surface area contributed by atoms with E-state index in [9.17, 15) is 9.59 Å². The van der Waals surface area contributed by atoms with Crippen molar-refractivity contribution in [2.24, 2.45) is 7.05 Å². The molecular formula is C16H18N4O2. The summed E-state index contributed by atoms with van der Waals surface area (Å²) in [4.78, 5) is 23.6. The zero-order valence-electron chi connectivity index (χ0n) is 12.6. The molecule has 3 rings (SSSR count). The molecule has 0 spiro atoms. The van der Waals surface area contributed by atoms with Gasteiger partial charge in [-0.1, -0.05) is 12.1 Å². The Bertz CT molecular complexity index is 731. The van der Waals surface area contributed by atoms with E-state index in [0.717, 1.165) is 5.69 Å². The summed E-state index contributed by atoms with van der Waals surface area (Å²) < 4.78 is 1.81. The van der Waals surface area contributed by atoms with Crippen molar-refractivity contribution in [2.45, 2.75) is 25.7 Å². The van der Waals surface area contributed by atoms with Gasteiger partial charge in [0.05, 0.1) is 11.3 Å². The van der Waals surface area contributed by atoms with E-state index in [1.54, 1.807) is 24.3 Å². The Morgan fingerprint density at radius 1 is 1.23 bits per heavy atom. The molecule has 0 aliphatic heterocycles. The predicted octanol–water partition coefficient (Wildman–Crippen LogP) is 2.51.